The summed E-state index contributed by atoms with van der Waals surface area (Å²) in [7, 11) is -3.49. The number of carbonyl (C=O) groups excluding carboxylic acids is 1. The minimum atomic E-state index is -3.49. The normalized spacial score (nSPS) is 17.8. The molecule has 0 bridgehead atoms. The molecule has 1 atom stereocenters. The van der Waals surface area contributed by atoms with Crippen molar-refractivity contribution in [2.75, 3.05) is 19.6 Å². The first kappa shape index (κ1) is 21.8. The molecule has 1 amide bonds. The van der Waals surface area contributed by atoms with E-state index in [0.717, 1.165) is 12.8 Å². The Hall–Kier alpha value is -1.89. The summed E-state index contributed by atoms with van der Waals surface area (Å²) < 4.78 is 27.1. The Morgan fingerprint density at radius 1 is 1.10 bits per heavy atom. The molecule has 1 aliphatic rings. The molecular formula is C22H27ClN2O3S. The second-order valence-electron chi connectivity index (χ2n) is 7.46. The Bertz CT molecular complexity index is 919. The van der Waals surface area contributed by atoms with Crippen LogP contribution in [0, 0.1) is 5.92 Å². The van der Waals surface area contributed by atoms with Gasteiger partial charge < -0.3 is 5.32 Å². The third-order valence-electron chi connectivity index (χ3n) is 5.17. The van der Waals surface area contributed by atoms with Crippen molar-refractivity contribution in [2.24, 2.45) is 5.92 Å². The highest BCUT2D eigenvalue weighted by Gasteiger charge is 2.32. The lowest BCUT2D eigenvalue weighted by molar-refractivity contribution is -0.126. The molecular weight excluding hydrogens is 408 g/mol. The first-order valence-electron chi connectivity index (χ1n) is 9.98. The summed E-state index contributed by atoms with van der Waals surface area (Å²) in [4.78, 5) is 12.5. The molecule has 7 heteroatoms. The number of nitrogens with one attached hydrogen (secondary N) is 1. The van der Waals surface area contributed by atoms with Crippen LogP contribution in [0.3, 0.4) is 0 Å². The monoisotopic (exact) mass is 434 g/mol. The van der Waals surface area contributed by atoms with Crippen LogP contribution >= 0.6 is 11.6 Å². The Morgan fingerprint density at radius 3 is 2.62 bits per heavy atom. The standard InChI is InChI=1S/C22H27ClN2O3S/c23-21-12-4-9-19(15-21)17-29(27,28)25-14-6-11-20(16-25)22(26)24-13-5-10-18-7-2-1-3-8-18/h1-4,7-9,12,15,20H,5-6,10-11,13-14,16-17H2,(H,24,26)/t20-/m1/s1. The van der Waals surface area contributed by atoms with Crippen LogP contribution in [0.1, 0.15) is 30.4 Å². The number of aryl methyl sites for hydroxylation is 1. The van der Waals surface area contributed by atoms with Crippen LogP contribution in [-0.4, -0.2) is 38.3 Å². The predicted octanol–water partition coefficient (Wildman–Crippen LogP) is 3.63. The van der Waals surface area contributed by atoms with Gasteiger partial charge in [-0.25, -0.2) is 12.7 Å². The number of rotatable bonds is 8. The van der Waals surface area contributed by atoms with E-state index in [4.69, 9.17) is 11.6 Å². The summed E-state index contributed by atoms with van der Waals surface area (Å²) in [6.07, 6.45) is 3.18. The van der Waals surface area contributed by atoms with E-state index in [-0.39, 0.29) is 24.1 Å². The second kappa shape index (κ2) is 10.2. The van der Waals surface area contributed by atoms with Crippen LogP contribution in [0.2, 0.25) is 5.02 Å². The first-order valence-corrected chi connectivity index (χ1v) is 12.0. The van der Waals surface area contributed by atoms with Gasteiger partial charge in [0.15, 0.2) is 0 Å². The van der Waals surface area contributed by atoms with E-state index in [1.165, 1.54) is 9.87 Å². The van der Waals surface area contributed by atoms with Crippen molar-refractivity contribution in [3.8, 4) is 0 Å². The Morgan fingerprint density at radius 2 is 1.86 bits per heavy atom. The fraction of sp³-hybridized carbons (Fsp3) is 0.409. The topological polar surface area (TPSA) is 66.5 Å². The van der Waals surface area contributed by atoms with Gasteiger partial charge in [0.1, 0.15) is 0 Å². The molecule has 0 spiro atoms. The molecule has 5 nitrogen and oxygen atoms in total. The third kappa shape index (κ3) is 6.56. The lowest BCUT2D eigenvalue weighted by Gasteiger charge is -2.31. The fourth-order valence-electron chi connectivity index (χ4n) is 3.63. The van der Waals surface area contributed by atoms with E-state index in [9.17, 15) is 13.2 Å². The van der Waals surface area contributed by atoms with Crippen molar-refractivity contribution in [1.82, 2.24) is 9.62 Å². The summed E-state index contributed by atoms with van der Waals surface area (Å²) in [5.41, 5.74) is 1.91. The Balaban J connectivity index is 1.49. The largest absolute Gasteiger partial charge is 0.356 e. The summed E-state index contributed by atoms with van der Waals surface area (Å²) in [6, 6.07) is 17.0. The zero-order chi connectivity index (χ0) is 20.7. The molecule has 0 unspecified atom stereocenters. The average molecular weight is 435 g/mol. The zero-order valence-corrected chi connectivity index (χ0v) is 18.0. The highest BCUT2D eigenvalue weighted by atomic mass is 35.5. The number of halogens is 1. The lowest BCUT2D eigenvalue weighted by atomic mass is 9.99. The van der Waals surface area contributed by atoms with E-state index >= 15 is 0 Å². The van der Waals surface area contributed by atoms with Crippen molar-refractivity contribution in [2.45, 2.75) is 31.4 Å². The van der Waals surface area contributed by atoms with Crippen molar-refractivity contribution in [3.05, 3.63) is 70.7 Å². The van der Waals surface area contributed by atoms with Gasteiger partial charge in [0, 0.05) is 24.7 Å². The van der Waals surface area contributed by atoms with Gasteiger partial charge in [-0.15, -0.1) is 0 Å². The van der Waals surface area contributed by atoms with Crippen molar-refractivity contribution >= 4 is 27.5 Å². The van der Waals surface area contributed by atoms with E-state index in [0.29, 0.717) is 36.5 Å². The molecule has 0 aliphatic carbocycles. The molecule has 1 saturated heterocycles. The highest BCUT2D eigenvalue weighted by molar-refractivity contribution is 7.88. The molecule has 156 valence electrons. The predicted molar refractivity (Wildman–Crippen MR) is 116 cm³/mol. The molecule has 29 heavy (non-hydrogen) atoms. The number of benzene rings is 2. The highest BCUT2D eigenvalue weighted by Crippen LogP contribution is 2.22. The quantitative estimate of drug-likeness (QED) is 0.645. The van der Waals surface area contributed by atoms with Gasteiger partial charge in [0.05, 0.1) is 11.7 Å². The van der Waals surface area contributed by atoms with Gasteiger partial charge in [-0.1, -0.05) is 54.1 Å². The third-order valence-corrected chi connectivity index (χ3v) is 7.22. The molecule has 0 aromatic heterocycles. The van der Waals surface area contributed by atoms with Crippen LogP contribution < -0.4 is 5.32 Å². The second-order valence-corrected chi connectivity index (χ2v) is 9.87. The minimum Gasteiger partial charge on any atom is -0.356 e. The van der Waals surface area contributed by atoms with Crippen LogP contribution in [0.5, 0.6) is 0 Å². The number of sulfonamides is 1. The van der Waals surface area contributed by atoms with Crippen LogP contribution in [0.25, 0.3) is 0 Å². The number of hydrogen-bond donors (Lipinski definition) is 1. The fourth-order valence-corrected chi connectivity index (χ4v) is 5.44. The van der Waals surface area contributed by atoms with Gasteiger partial charge >= 0.3 is 0 Å². The SMILES string of the molecule is O=C(NCCCc1ccccc1)[C@@H]1CCCN(S(=O)(=O)Cc2cccc(Cl)c2)C1. The maximum atomic E-state index is 12.8. The number of amides is 1. The molecule has 1 N–H and O–H groups in total. The summed E-state index contributed by atoms with van der Waals surface area (Å²) >= 11 is 5.96. The van der Waals surface area contributed by atoms with E-state index < -0.39 is 10.0 Å². The van der Waals surface area contributed by atoms with Gasteiger partial charge in [0.25, 0.3) is 0 Å². The van der Waals surface area contributed by atoms with Crippen LogP contribution in [-0.2, 0) is 27.0 Å². The van der Waals surface area contributed by atoms with Crippen molar-refractivity contribution < 1.29 is 13.2 Å². The Labute approximate surface area is 178 Å². The Kier molecular flexibility index (Phi) is 7.70. The number of hydrogen-bond acceptors (Lipinski definition) is 3. The summed E-state index contributed by atoms with van der Waals surface area (Å²) in [6.45, 7) is 1.30. The van der Waals surface area contributed by atoms with Gasteiger partial charge in [0.2, 0.25) is 15.9 Å². The summed E-state index contributed by atoms with van der Waals surface area (Å²) in [5.74, 6) is -0.450. The molecule has 1 fully saturated rings. The maximum Gasteiger partial charge on any atom is 0.224 e. The molecule has 1 heterocycles. The van der Waals surface area contributed by atoms with Gasteiger partial charge in [-0.05, 0) is 48.9 Å². The van der Waals surface area contributed by atoms with E-state index in [1.807, 2.05) is 18.2 Å². The molecule has 2 aromatic rings. The molecule has 2 aromatic carbocycles. The zero-order valence-electron chi connectivity index (χ0n) is 16.4. The average Bonchev–Trinajstić information content (AvgIpc) is 2.71. The van der Waals surface area contributed by atoms with Crippen molar-refractivity contribution in [1.29, 1.82) is 0 Å². The maximum absolute atomic E-state index is 12.8. The number of carbonyl (C=O) groups is 1. The molecule has 0 radical (unpaired) electrons. The molecule has 3 rings (SSSR count). The minimum absolute atomic E-state index is 0.0549. The van der Waals surface area contributed by atoms with Gasteiger partial charge in [-0.3, -0.25) is 4.79 Å². The lowest BCUT2D eigenvalue weighted by Crippen LogP contribution is -2.45. The van der Waals surface area contributed by atoms with Crippen LogP contribution in [0.4, 0.5) is 0 Å². The number of nitrogens with zero attached hydrogens (tertiary/aromatic N) is 1. The molecule has 0 saturated carbocycles. The number of piperidine rings is 1. The smallest absolute Gasteiger partial charge is 0.224 e. The first-order chi connectivity index (χ1) is 13.9. The van der Waals surface area contributed by atoms with Crippen LogP contribution in [0.15, 0.2) is 54.6 Å². The van der Waals surface area contributed by atoms with E-state index in [2.05, 4.69) is 17.4 Å². The molecule has 1 aliphatic heterocycles. The summed E-state index contributed by atoms with van der Waals surface area (Å²) in [5, 5.41) is 3.49. The van der Waals surface area contributed by atoms with Gasteiger partial charge in [-0.2, -0.15) is 0 Å². The van der Waals surface area contributed by atoms with E-state index in [1.54, 1.807) is 24.3 Å². The van der Waals surface area contributed by atoms with Crippen molar-refractivity contribution in [3.63, 3.8) is 0 Å².